The van der Waals surface area contributed by atoms with Gasteiger partial charge in [-0.25, -0.2) is 9.78 Å². The smallest absolute Gasteiger partial charge is 0.328 e. The SMILES string of the molecule is Cc1nn(C)c(-n2ccc3cc(Br)cnc32)c1C=CC(=O)O. The van der Waals surface area contributed by atoms with Gasteiger partial charge in [0, 0.05) is 40.9 Å². The fourth-order valence-corrected chi connectivity index (χ4v) is 2.81. The highest BCUT2D eigenvalue weighted by Crippen LogP contribution is 2.25. The standard InChI is InChI=1S/C15H13BrN4O2/c1-9-12(3-4-13(21)22)15(19(2)18-9)20-6-5-10-7-11(16)8-17-14(10)20/h3-8H,1-2H3,(H,21,22). The molecule has 0 amide bonds. The van der Waals surface area contributed by atoms with Gasteiger partial charge in [0.2, 0.25) is 0 Å². The number of aromatic nitrogens is 4. The summed E-state index contributed by atoms with van der Waals surface area (Å²) in [6, 6.07) is 3.94. The number of halogens is 1. The van der Waals surface area contributed by atoms with Crippen LogP contribution in [-0.2, 0) is 11.8 Å². The molecule has 3 rings (SSSR count). The minimum absolute atomic E-state index is 0.757. The van der Waals surface area contributed by atoms with Crippen LogP contribution in [0.3, 0.4) is 0 Å². The summed E-state index contributed by atoms with van der Waals surface area (Å²) in [4.78, 5) is 15.2. The van der Waals surface area contributed by atoms with Crippen LogP contribution < -0.4 is 0 Å². The van der Waals surface area contributed by atoms with E-state index in [4.69, 9.17) is 5.11 Å². The van der Waals surface area contributed by atoms with Gasteiger partial charge in [0.05, 0.1) is 5.69 Å². The van der Waals surface area contributed by atoms with Crippen LogP contribution in [0.5, 0.6) is 0 Å². The highest BCUT2D eigenvalue weighted by atomic mass is 79.9. The number of hydrogen-bond acceptors (Lipinski definition) is 3. The first-order valence-electron chi connectivity index (χ1n) is 6.55. The molecule has 3 aromatic heterocycles. The molecule has 0 spiro atoms. The summed E-state index contributed by atoms with van der Waals surface area (Å²) in [6.45, 7) is 1.85. The van der Waals surface area contributed by atoms with Crippen LogP contribution in [-0.4, -0.2) is 30.4 Å². The summed E-state index contributed by atoms with van der Waals surface area (Å²) in [6.07, 6.45) is 6.31. The molecule has 0 aliphatic heterocycles. The molecule has 3 heterocycles. The monoisotopic (exact) mass is 360 g/mol. The lowest BCUT2D eigenvalue weighted by atomic mass is 10.2. The molecule has 0 aliphatic rings. The number of aryl methyl sites for hydroxylation is 2. The molecule has 6 nitrogen and oxygen atoms in total. The Kier molecular flexibility index (Phi) is 3.58. The summed E-state index contributed by atoms with van der Waals surface area (Å²) < 4.78 is 4.54. The van der Waals surface area contributed by atoms with Crippen molar-refractivity contribution in [3.05, 3.63) is 46.3 Å². The third-order valence-corrected chi connectivity index (χ3v) is 3.78. The van der Waals surface area contributed by atoms with Gasteiger partial charge >= 0.3 is 5.97 Å². The lowest BCUT2D eigenvalue weighted by Gasteiger charge is -2.07. The van der Waals surface area contributed by atoms with Crippen LogP contribution in [0.1, 0.15) is 11.3 Å². The minimum Gasteiger partial charge on any atom is -0.478 e. The van der Waals surface area contributed by atoms with E-state index in [1.165, 1.54) is 0 Å². The lowest BCUT2D eigenvalue weighted by molar-refractivity contribution is -0.131. The molecule has 0 saturated carbocycles. The van der Waals surface area contributed by atoms with Crippen molar-refractivity contribution in [1.29, 1.82) is 0 Å². The molecule has 0 bridgehead atoms. The minimum atomic E-state index is -0.992. The molecule has 3 aromatic rings. The molecule has 22 heavy (non-hydrogen) atoms. The van der Waals surface area contributed by atoms with E-state index >= 15 is 0 Å². The van der Waals surface area contributed by atoms with Gasteiger partial charge in [-0.2, -0.15) is 5.10 Å². The van der Waals surface area contributed by atoms with E-state index in [1.54, 1.807) is 17.0 Å². The first kappa shape index (κ1) is 14.5. The third kappa shape index (κ3) is 2.43. The van der Waals surface area contributed by atoms with Gasteiger partial charge in [0.15, 0.2) is 0 Å². The van der Waals surface area contributed by atoms with E-state index < -0.39 is 5.97 Å². The molecule has 0 unspecified atom stereocenters. The van der Waals surface area contributed by atoms with Crippen LogP contribution in [0, 0.1) is 6.92 Å². The van der Waals surface area contributed by atoms with Gasteiger partial charge in [-0.3, -0.25) is 9.25 Å². The van der Waals surface area contributed by atoms with E-state index in [0.29, 0.717) is 0 Å². The molecule has 7 heteroatoms. The normalized spacial score (nSPS) is 11.6. The molecule has 0 saturated heterocycles. The predicted molar refractivity (Wildman–Crippen MR) is 86.9 cm³/mol. The van der Waals surface area contributed by atoms with Crippen molar-refractivity contribution in [1.82, 2.24) is 19.3 Å². The first-order chi connectivity index (χ1) is 10.5. The Morgan fingerprint density at radius 2 is 2.23 bits per heavy atom. The zero-order valence-corrected chi connectivity index (χ0v) is 13.6. The second kappa shape index (κ2) is 5.42. The first-order valence-corrected chi connectivity index (χ1v) is 7.34. The van der Waals surface area contributed by atoms with Crippen molar-refractivity contribution in [2.24, 2.45) is 7.05 Å². The van der Waals surface area contributed by atoms with Crippen LogP contribution in [0.25, 0.3) is 22.9 Å². The zero-order valence-electron chi connectivity index (χ0n) is 12.0. The van der Waals surface area contributed by atoms with Crippen molar-refractivity contribution in [2.45, 2.75) is 6.92 Å². The van der Waals surface area contributed by atoms with E-state index in [9.17, 15) is 4.79 Å². The zero-order chi connectivity index (χ0) is 15.9. The van der Waals surface area contributed by atoms with Crippen molar-refractivity contribution >= 4 is 39.0 Å². The van der Waals surface area contributed by atoms with Crippen LogP contribution in [0.2, 0.25) is 0 Å². The number of rotatable bonds is 3. The van der Waals surface area contributed by atoms with Gasteiger partial charge < -0.3 is 5.11 Å². The number of fused-ring (bicyclic) bond motifs is 1. The maximum absolute atomic E-state index is 10.8. The summed E-state index contributed by atoms with van der Waals surface area (Å²) >= 11 is 3.41. The maximum atomic E-state index is 10.8. The van der Waals surface area contributed by atoms with Gasteiger partial charge in [0.25, 0.3) is 0 Å². The van der Waals surface area contributed by atoms with E-state index in [1.807, 2.05) is 36.9 Å². The van der Waals surface area contributed by atoms with E-state index in [0.717, 1.165) is 38.7 Å². The lowest BCUT2D eigenvalue weighted by Crippen LogP contribution is -2.04. The largest absolute Gasteiger partial charge is 0.478 e. The third-order valence-electron chi connectivity index (χ3n) is 3.35. The molecule has 0 atom stereocenters. The molecule has 0 aromatic carbocycles. The van der Waals surface area contributed by atoms with Gasteiger partial charge in [0.1, 0.15) is 11.5 Å². The predicted octanol–water partition coefficient (Wildman–Crippen LogP) is 2.93. The van der Waals surface area contributed by atoms with Crippen molar-refractivity contribution in [3.63, 3.8) is 0 Å². The second-order valence-electron chi connectivity index (χ2n) is 4.87. The van der Waals surface area contributed by atoms with Crippen LogP contribution in [0.4, 0.5) is 0 Å². The number of carboxylic acids is 1. The number of pyridine rings is 1. The van der Waals surface area contributed by atoms with Crippen LogP contribution in [0.15, 0.2) is 35.1 Å². The Balaban J connectivity index is 2.24. The summed E-state index contributed by atoms with van der Waals surface area (Å²) in [5.41, 5.74) is 2.30. The average Bonchev–Trinajstić information content (AvgIpc) is 2.96. The topological polar surface area (TPSA) is 72.9 Å². The van der Waals surface area contributed by atoms with Gasteiger partial charge in [-0.05, 0) is 41.1 Å². The molecule has 1 N–H and O–H groups in total. The maximum Gasteiger partial charge on any atom is 0.328 e. The van der Waals surface area contributed by atoms with Gasteiger partial charge in [-0.15, -0.1) is 0 Å². The van der Waals surface area contributed by atoms with Gasteiger partial charge in [-0.1, -0.05) is 0 Å². The number of carboxylic acid groups (broad SMARTS) is 1. The summed E-state index contributed by atoms with van der Waals surface area (Å²) in [5, 5.41) is 14.2. The Bertz CT molecular complexity index is 908. The second-order valence-corrected chi connectivity index (χ2v) is 5.79. The number of carbonyl (C=O) groups is 1. The fourth-order valence-electron chi connectivity index (χ4n) is 2.47. The Labute approximate surface area is 134 Å². The van der Waals surface area contributed by atoms with Crippen molar-refractivity contribution in [2.75, 3.05) is 0 Å². The Morgan fingerprint density at radius 3 is 2.95 bits per heavy atom. The Morgan fingerprint density at radius 1 is 1.45 bits per heavy atom. The van der Waals surface area contributed by atoms with E-state index in [-0.39, 0.29) is 0 Å². The summed E-state index contributed by atoms with van der Waals surface area (Å²) in [7, 11) is 1.82. The number of hydrogen-bond donors (Lipinski definition) is 1. The average molecular weight is 361 g/mol. The molecule has 0 aliphatic carbocycles. The summed E-state index contributed by atoms with van der Waals surface area (Å²) in [5.74, 6) is -0.214. The van der Waals surface area contributed by atoms with Crippen molar-refractivity contribution < 1.29 is 9.90 Å². The highest BCUT2D eigenvalue weighted by molar-refractivity contribution is 9.10. The molecule has 112 valence electrons. The highest BCUT2D eigenvalue weighted by Gasteiger charge is 2.15. The number of nitrogens with zero attached hydrogens (tertiary/aromatic N) is 4. The molecule has 0 fully saturated rings. The van der Waals surface area contributed by atoms with Crippen molar-refractivity contribution in [3.8, 4) is 5.82 Å². The Hall–Kier alpha value is -2.41. The van der Waals surface area contributed by atoms with E-state index in [2.05, 4.69) is 26.0 Å². The number of aliphatic carboxylic acids is 1. The molecular formula is C15H13BrN4O2. The van der Waals surface area contributed by atoms with Crippen LogP contribution >= 0.6 is 15.9 Å². The molecule has 0 radical (unpaired) electrons. The molecular weight excluding hydrogens is 348 g/mol. The quantitative estimate of drug-likeness (QED) is 0.728. The fraction of sp³-hybridized carbons (Fsp3) is 0.133.